The van der Waals surface area contributed by atoms with Gasteiger partial charge in [-0.1, -0.05) is 6.92 Å². The molecule has 1 aliphatic heterocycles. The van der Waals surface area contributed by atoms with Gasteiger partial charge >= 0.3 is 0 Å². The first kappa shape index (κ1) is 7.00. The lowest BCUT2D eigenvalue weighted by atomic mass is 9.87. The third-order valence-corrected chi connectivity index (χ3v) is 2.27. The molecule has 0 radical (unpaired) electrons. The first-order chi connectivity index (χ1) is 4.13. The highest BCUT2D eigenvalue weighted by molar-refractivity contribution is 4.85. The van der Waals surface area contributed by atoms with Crippen molar-refractivity contribution in [3.05, 3.63) is 0 Å². The summed E-state index contributed by atoms with van der Waals surface area (Å²) in [6.07, 6.45) is 0.661. The SMILES string of the molecule is C[C@H]1CNCCC1(C)F. The molecule has 1 rings (SSSR count). The van der Waals surface area contributed by atoms with Crippen LogP contribution >= 0.6 is 0 Å². The summed E-state index contributed by atoms with van der Waals surface area (Å²) in [5.74, 6) is 0.172. The fourth-order valence-electron chi connectivity index (χ4n) is 1.11. The van der Waals surface area contributed by atoms with Crippen LogP contribution in [0.25, 0.3) is 0 Å². The van der Waals surface area contributed by atoms with E-state index in [1.165, 1.54) is 0 Å². The van der Waals surface area contributed by atoms with Crippen molar-refractivity contribution in [2.75, 3.05) is 13.1 Å². The zero-order valence-electron chi connectivity index (χ0n) is 6.08. The van der Waals surface area contributed by atoms with Gasteiger partial charge in [0.1, 0.15) is 5.67 Å². The molecule has 1 heterocycles. The number of halogens is 1. The average molecular weight is 131 g/mol. The Morgan fingerprint density at radius 1 is 1.67 bits per heavy atom. The molecule has 1 N–H and O–H groups in total. The largest absolute Gasteiger partial charge is 0.316 e. The molecule has 1 aliphatic rings. The van der Waals surface area contributed by atoms with Crippen LogP contribution in [0.1, 0.15) is 20.3 Å². The van der Waals surface area contributed by atoms with E-state index in [1.807, 2.05) is 6.92 Å². The van der Waals surface area contributed by atoms with E-state index in [0.29, 0.717) is 6.42 Å². The molecule has 1 unspecified atom stereocenters. The van der Waals surface area contributed by atoms with E-state index in [1.54, 1.807) is 6.92 Å². The summed E-state index contributed by atoms with van der Waals surface area (Å²) in [5.41, 5.74) is -0.925. The Morgan fingerprint density at radius 3 is 2.67 bits per heavy atom. The van der Waals surface area contributed by atoms with E-state index in [4.69, 9.17) is 0 Å². The molecule has 0 amide bonds. The summed E-state index contributed by atoms with van der Waals surface area (Å²) in [4.78, 5) is 0. The van der Waals surface area contributed by atoms with Crippen molar-refractivity contribution in [2.45, 2.75) is 25.9 Å². The van der Waals surface area contributed by atoms with Gasteiger partial charge in [0.05, 0.1) is 0 Å². The summed E-state index contributed by atoms with van der Waals surface area (Å²) in [6.45, 7) is 5.30. The Hall–Kier alpha value is -0.110. The average Bonchev–Trinajstić information content (AvgIpc) is 1.77. The van der Waals surface area contributed by atoms with Gasteiger partial charge in [-0.3, -0.25) is 0 Å². The van der Waals surface area contributed by atoms with Crippen molar-refractivity contribution in [1.29, 1.82) is 0 Å². The Balaban J connectivity index is 2.49. The summed E-state index contributed by atoms with van der Waals surface area (Å²) in [6, 6.07) is 0. The van der Waals surface area contributed by atoms with Gasteiger partial charge in [-0.15, -0.1) is 0 Å². The molecule has 2 heteroatoms. The lowest BCUT2D eigenvalue weighted by Gasteiger charge is -2.32. The molecule has 1 nitrogen and oxygen atoms in total. The summed E-state index contributed by atoms with van der Waals surface area (Å²) in [5, 5.41) is 3.15. The zero-order chi connectivity index (χ0) is 6.91. The molecule has 54 valence electrons. The topological polar surface area (TPSA) is 12.0 Å². The normalized spacial score (nSPS) is 45.0. The number of nitrogens with one attached hydrogen (secondary N) is 1. The monoisotopic (exact) mass is 131 g/mol. The maximum absolute atomic E-state index is 13.2. The molecule has 0 bridgehead atoms. The highest BCUT2D eigenvalue weighted by atomic mass is 19.1. The molecule has 0 aromatic carbocycles. The van der Waals surface area contributed by atoms with Crippen LogP contribution in [0.4, 0.5) is 4.39 Å². The molecule has 0 spiro atoms. The number of alkyl halides is 1. The maximum atomic E-state index is 13.2. The van der Waals surface area contributed by atoms with Crippen LogP contribution < -0.4 is 5.32 Å². The first-order valence-corrected chi connectivity index (χ1v) is 3.52. The Bertz CT molecular complexity index is 101. The van der Waals surface area contributed by atoms with Gasteiger partial charge in [0.2, 0.25) is 0 Å². The van der Waals surface area contributed by atoms with Crippen molar-refractivity contribution in [3.8, 4) is 0 Å². The molecule has 2 atom stereocenters. The Labute approximate surface area is 55.6 Å². The lowest BCUT2D eigenvalue weighted by Crippen LogP contribution is -2.43. The van der Waals surface area contributed by atoms with Crippen LogP contribution in [0.5, 0.6) is 0 Å². The van der Waals surface area contributed by atoms with Crippen LogP contribution in [0.2, 0.25) is 0 Å². The van der Waals surface area contributed by atoms with Gasteiger partial charge in [0.25, 0.3) is 0 Å². The smallest absolute Gasteiger partial charge is 0.113 e. The minimum absolute atomic E-state index is 0.172. The lowest BCUT2D eigenvalue weighted by molar-refractivity contribution is 0.0783. The number of hydrogen-bond donors (Lipinski definition) is 1. The van der Waals surface area contributed by atoms with Gasteiger partial charge in [-0.2, -0.15) is 0 Å². The van der Waals surface area contributed by atoms with E-state index < -0.39 is 5.67 Å². The summed E-state index contributed by atoms with van der Waals surface area (Å²) >= 11 is 0. The molecule has 0 aromatic rings. The summed E-state index contributed by atoms with van der Waals surface area (Å²) < 4.78 is 13.2. The molecule has 1 fully saturated rings. The molecule has 0 aliphatic carbocycles. The van der Waals surface area contributed by atoms with Crippen molar-refractivity contribution in [1.82, 2.24) is 5.32 Å². The number of hydrogen-bond acceptors (Lipinski definition) is 1. The van der Waals surface area contributed by atoms with Crippen molar-refractivity contribution < 1.29 is 4.39 Å². The number of piperidine rings is 1. The minimum atomic E-state index is -0.925. The van der Waals surface area contributed by atoms with Gasteiger partial charge in [0.15, 0.2) is 0 Å². The zero-order valence-corrected chi connectivity index (χ0v) is 6.08. The standard InChI is InChI=1S/C7H14FN/c1-6-5-9-4-3-7(6,2)8/h6,9H,3-5H2,1-2H3/t6-,7?/m0/s1. The van der Waals surface area contributed by atoms with E-state index in [9.17, 15) is 4.39 Å². The second kappa shape index (κ2) is 2.25. The Kier molecular flexibility index (Phi) is 1.75. The maximum Gasteiger partial charge on any atom is 0.113 e. The number of rotatable bonds is 0. The van der Waals surface area contributed by atoms with E-state index in [-0.39, 0.29) is 5.92 Å². The van der Waals surface area contributed by atoms with Crippen molar-refractivity contribution >= 4 is 0 Å². The minimum Gasteiger partial charge on any atom is -0.316 e. The van der Waals surface area contributed by atoms with Crippen LogP contribution in [-0.2, 0) is 0 Å². The van der Waals surface area contributed by atoms with Gasteiger partial charge < -0.3 is 5.32 Å². The van der Waals surface area contributed by atoms with Crippen molar-refractivity contribution in [2.24, 2.45) is 5.92 Å². The quantitative estimate of drug-likeness (QED) is 0.523. The molecular formula is C7H14FN. The van der Waals surface area contributed by atoms with Crippen LogP contribution in [0, 0.1) is 5.92 Å². The predicted molar refractivity (Wildman–Crippen MR) is 36.2 cm³/mol. The van der Waals surface area contributed by atoms with Gasteiger partial charge in [0, 0.05) is 12.5 Å². The Morgan fingerprint density at radius 2 is 2.33 bits per heavy atom. The van der Waals surface area contributed by atoms with Crippen LogP contribution in [0.15, 0.2) is 0 Å². The first-order valence-electron chi connectivity index (χ1n) is 3.52. The second-order valence-corrected chi connectivity index (χ2v) is 3.13. The van der Waals surface area contributed by atoms with Gasteiger partial charge in [-0.25, -0.2) is 4.39 Å². The molecule has 0 saturated carbocycles. The highest BCUT2D eigenvalue weighted by Crippen LogP contribution is 2.27. The van der Waals surface area contributed by atoms with Crippen LogP contribution in [-0.4, -0.2) is 18.8 Å². The van der Waals surface area contributed by atoms with Crippen LogP contribution in [0.3, 0.4) is 0 Å². The summed E-state index contributed by atoms with van der Waals surface area (Å²) in [7, 11) is 0. The molecule has 1 saturated heterocycles. The highest BCUT2D eigenvalue weighted by Gasteiger charge is 2.32. The van der Waals surface area contributed by atoms with Gasteiger partial charge in [-0.05, 0) is 19.9 Å². The van der Waals surface area contributed by atoms with E-state index in [0.717, 1.165) is 13.1 Å². The second-order valence-electron chi connectivity index (χ2n) is 3.13. The fourth-order valence-corrected chi connectivity index (χ4v) is 1.11. The van der Waals surface area contributed by atoms with E-state index in [2.05, 4.69) is 5.32 Å². The van der Waals surface area contributed by atoms with E-state index >= 15 is 0 Å². The molecule has 9 heavy (non-hydrogen) atoms. The molecule has 0 aromatic heterocycles. The third-order valence-electron chi connectivity index (χ3n) is 2.27. The van der Waals surface area contributed by atoms with Crippen molar-refractivity contribution in [3.63, 3.8) is 0 Å². The third kappa shape index (κ3) is 1.42. The fraction of sp³-hybridized carbons (Fsp3) is 1.00. The predicted octanol–water partition coefficient (Wildman–Crippen LogP) is 1.34. The molecular weight excluding hydrogens is 117 g/mol.